The number of fused-ring (bicyclic) bond motifs is 2. The number of hydrogen-bond acceptors (Lipinski definition) is 5. The van der Waals surface area contributed by atoms with Crippen molar-refractivity contribution in [2.75, 3.05) is 4.90 Å². The van der Waals surface area contributed by atoms with Gasteiger partial charge < -0.3 is 5.32 Å². The molecule has 0 saturated carbocycles. The van der Waals surface area contributed by atoms with E-state index in [0.29, 0.717) is 16.8 Å². The lowest BCUT2D eigenvalue weighted by molar-refractivity contribution is -0.128. The molecule has 5 aromatic rings. The summed E-state index contributed by atoms with van der Waals surface area (Å²) in [5.41, 5.74) is 4.04. The topological polar surface area (TPSA) is 93.0 Å². The highest BCUT2D eigenvalue weighted by atomic mass is 16.2. The number of amides is 2. The summed E-state index contributed by atoms with van der Waals surface area (Å²) in [6.45, 7) is 7.85. The van der Waals surface area contributed by atoms with Crippen LogP contribution in [-0.4, -0.2) is 37.3 Å². The van der Waals surface area contributed by atoms with Crippen molar-refractivity contribution >= 4 is 39.4 Å². The van der Waals surface area contributed by atoms with Crippen LogP contribution in [0.5, 0.6) is 0 Å². The van der Waals surface area contributed by atoms with Crippen LogP contribution in [0.4, 0.5) is 5.69 Å². The highest BCUT2D eigenvalue weighted by Crippen LogP contribution is 2.33. The molecule has 8 heteroatoms. The van der Waals surface area contributed by atoms with Gasteiger partial charge in [-0.2, -0.15) is 0 Å². The second-order valence-corrected chi connectivity index (χ2v) is 10.4. The molecule has 0 aliphatic heterocycles. The smallest absolute Gasteiger partial charge is 0.249 e. The number of benzene rings is 3. The Kier molecular flexibility index (Phi) is 7.11. The van der Waals surface area contributed by atoms with Crippen molar-refractivity contribution in [1.29, 1.82) is 0 Å². The van der Waals surface area contributed by atoms with Gasteiger partial charge in [0.2, 0.25) is 11.8 Å². The van der Waals surface area contributed by atoms with Crippen molar-refractivity contribution in [3.63, 3.8) is 0 Å². The number of nitrogens with zero attached hydrogens (tertiary/aromatic N) is 5. The molecule has 0 bridgehead atoms. The van der Waals surface area contributed by atoms with E-state index in [1.54, 1.807) is 15.8 Å². The minimum atomic E-state index is -0.927. The fourth-order valence-electron chi connectivity index (χ4n) is 4.66. The number of hydrogen-bond donors (Lipinski definition) is 1. The first-order chi connectivity index (χ1) is 18.8. The zero-order chi connectivity index (χ0) is 27.6. The van der Waals surface area contributed by atoms with Crippen molar-refractivity contribution in [2.45, 2.75) is 52.2 Å². The van der Waals surface area contributed by atoms with Crippen LogP contribution in [-0.2, 0) is 16.1 Å². The van der Waals surface area contributed by atoms with Crippen LogP contribution < -0.4 is 10.2 Å². The van der Waals surface area contributed by atoms with Crippen LogP contribution in [0.3, 0.4) is 0 Å². The number of aromatic nitrogens is 4. The van der Waals surface area contributed by atoms with Crippen LogP contribution in [0.15, 0.2) is 85.1 Å². The van der Waals surface area contributed by atoms with Gasteiger partial charge in [0.15, 0.2) is 0 Å². The van der Waals surface area contributed by atoms with E-state index in [1.807, 2.05) is 107 Å². The Morgan fingerprint density at radius 3 is 2.54 bits per heavy atom. The van der Waals surface area contributed by atoms with Crippen molar-refractivity contribution in [2.24, 2.45) is 0 Å². The average molecular weight is 521 g/mol. The molecule has 0 saturated heterocycles. The molecule has 198 valence electrons. The van der Waals surface area contributed by atoms with Gasteiger partial charge in [-0.25, -0.2) is 4.68 Å². The summed E-state index contributed by atoms with van der Waals surface area (Å²) >= 11 is 0. The molecule has 1 atom stereocenters. The van der Waals surface area contributed by atoms with E-state index in [9.17, 15) is 9.59 Å². The van der Waals surface area contributed by atoms with E-state index in [-0.39, 0.29) is 18.4 Å². The van der Waals surface area contributed by atoms with Gasteiger partial charge in [0.25, 0.3) is 0 Å². The second-order valence-electron chi connectivity index (χ2n) is 10.4. The summed E-state index contributed by atoms with van der Waals surface area (Å²) in [6.07, 6.45) is 2.47. The Morgan fingerprint density at radius 2 is 1.74 bits per heavy atom. The highest BCUT2D eigenvalue weighted by Gasteiger charge is 2.36. The molecule has 39 heavy (non-hydrogen) atoms. The predicted molar refractivity (Wildman–Crippen MR) is 153 cm³/mol. The standard InChI is InChI=1S/C31H32N6O2/c1-5-31(3,4)33-30(39)29(23-16-17-24-22(19-23)12-10-18-32-24)37(26-14-8-6-11-21(26)2)28(38)20-36-27-15-9-7-13-25(27)34-35-36/h6-19,29H,5,20H2,1-4H3,(H,33,39)/t29-/m0/s1. The van der Waals surface area contributed by atoms with Crippen LogP contribution >= 0.6 is 0 Å². The first-order valence-corrected chi connectivity index (χ1v) is 13.1. The number of carbonyl (C=O) groups is 2. The summed E-state index contributed by atoms with van der Waals surface area (Å²) in [4.78, 5) is 34.4. The fraction of sp³-hybridized carbons (Fsp3) is 0.258. The van der Waals surface area contributed by atoms with Crippen molar-refractivity contribution in [3.8, 4) is 0 Å². The maximum Gasteiger partial charge on any atom is 0.249 e. The van der Waals surface area contributed by atoms with E-state index in [1.165, 1.54) is 0 Å². The number of pyridine rings is 1. The van der Waals surface area contributed by atoms with Crippen LogP contribution in [0.25, 0.3) is 21.9 Å². The largest absolute Gasteiger partial charge is 0.349 e. The normalized spacial score (nSPS) is 12.4. The molecule has 2 amide bonds. The predicted octanol–water partition coefficient (Wildman–Crippen LogP) is 5.37. The minimum absolute atomic E-state index is 0.0784. The molecular weight excluding hydrogens is 488 g/mol. The van der Waals surface area contributed by atoms with E-state index < -0.39 is 11.6 Å². The molecule has 2 aromatic heterocycles. The summed E-state index contributed by atoms with van der Waals surface area (Å²) in [6, 6.07) is 23.7. The molecule has 8 nitrogen and oxygen atoms in total. The number of aryl methyl sites for hydroxylation is 1. The Bertz CT molecular complexity index is 1660. The van der Waals surface area contributed by atoms with Crippen LogP contribution in [0, 0.1) is 6.92 Å². The third-order valence-electron chi connectivity index (χ3n) is 7.14. The van der Waals surface area contributed by atoms with Gasteiger partial charge in [0.1, 0.15) is 18.1 Å². The van der Waals surface area contributed by atoms with E-state index in [4.69, 9.17) is 0 Å². The highest BCUT2D eigenvalue weighted by molar-refractivity contribution is 6.02. The maximum atomic E-state index is 14.3. The number of rotatable bonds is 8. The van der Waals surface area contributed by atoms with Gasteiger partial charge in [-0.1, -0.05) is 54.6 Å². The Labute approximate surface area is 227 Å². The van der Waals surface area contributed by atoms with Gasteiger partial charge in [-0.3, -0.25) is 19.5 Å². The quantitative estimate of drug-likeness (QED) is 0.297. The Morgan fingerprint density at radius 1 is 0.974 bits per heavy atom. The third kappa shape index (κ3) is 5.36. The second kappa shape index (κ2) is 10.6. The van der Waals surface area contributed by atoms with Gasteiger partial charge in [0, 0.05) is 22.8 Å². The van der Waals surface area contributed by atoms with Gasteiger partial charge in [-0.15, -0.1) is 5.10 Å². The number of anilines is 1. The summed E-state index contributed by atoms with van der Waals surface area (Å²) < 4.78 is 1.58. The molecule has 0 radical (unpaired) electrons. The molecule has 0 unspecified atom stereocenters. The average Bonchev–Trinajstić information content (AvgIpc) is 3.34. The number of nitrogens with one attached hydrogen (secondary N) is 1. The molecule has 2 heterocycles. The molecular formula is C31H32N6O2. The molecule has 0 aliphatic rings. The summed E-state index contributed by atoms with van der Waals surface area (Å²) in [7, 11) is 0. The first-order valence-electron chi connectivity index (χ1n) is 13.1. The fourth-order valence-corrected chi connectivity index (χ4v) is 4.66. The van der Waals surface area contributed by atoms with Gasteiger partial charge in [-0.05, 0) is 74.7 Å². The number of carbonyl (C=O) groups excluding carboxylic acids is 2. The van der Waals surface area contributed by atoms with Crippen LogP contribution in [0.1, 0.15) is 44.4 Å². The lowest BCUT2D eigenvalue weighted by Crippen LogP contribution is -2.51. The first kappa shape index (κ1) is 26.0. The molecule has 5 rings (SSSR count). The molecule has 0 spiro atoms. The Hall–Kier alpha value is -4.59. The van der Waals surface area contributed by atoms with Crippen molar-refractivity contribution in [3.05, 3.63) is 96.2 Å². The molecule has 3 aromatic carbocycles. The van der Waals surface area contributed by atoms with E-state index >= 15 is 0 Å². The minimum Gasteiger partial charge on any atom is -0.349 e. The maximum absolute atomic E-state index is 14.3. The Balaban J connectivity index is 1.66. The van der Waals surface area contributed by atoms with Gasteiger partial charge >= 0.3 is 0 Å². The molecule has 0 aliphatic carbocycles. The van der Waals surface area contributed by atoms with Crippen LogP contribution in [0.2, 0.25) is 0 Å². The SMILES string of the molecule is CCC(C)(C)NC(=O)[C@H](c1ccc2ncccc2c1)N(C(=O)Cn1nnc2ccccc21)c1ccccc1C. The van der Waals surface area contributed by atoms with Crippen molar-refractivity contribution < 1.29 is 9.59 Å². The number of para-hydroxylation sites is 2. The summed E-state index contributed by atoms with van der Waals surface area (Å²) in [5, 5.41) is 12.5. The monoisotopic (exact) mass is 520 g/mol. The zero-order valence-electron chi connectivity index (χ0n) is 22.6. The molecule has 1 N–H and O–H groups in total. The lowest BCUT2D eigenvalue weighted by atomic mass is 9.97. The zero-order valence-corrected chi connectivity index (χ0v) is 22.6. The summed E-state index contributed by atoms with van der Waals surface area (Å²) in [5.74, 6) is -0.536. The third-order valence-corrected chi connectivity index (χ3v) is 7.14. The van der Waals surface area contributed by atoms with E-state index in [2.05, 4.69) is 20.6 Å². The lowest BCUT2D eigenvalue weighted by Gasteiger charge is -2.35. The molecule has 0 fully saturated rings. The van der Waals surface area contributed by atoms with Gasteiger partial charge in [0.05, 0.1) is 11.0 Å². The van der Waals surface area contributed by atoms with E-state index in [0.717, 1.165) is 28.4 Å². The van der Waals surface area contributed by atoms with Crippen molar-refractivity contribution in [1.82, 2.24) is 25.3 Å².